The minimum atomic E-state index is 0.0441. The Bertz CT molecular complexity index is 964. The number of aromatic nitrogens is 1. The quantitative estimate of drug-likeness (QED) is 0.692. The van der Waals surface area contributed by atoms with Gasteiger partial charge in [-0.25, -0.2) is 4.98 Å². The zero-order valence-corrected chi connectivity index (χ0v) is 16.2. The molecule has 0 spiro atoms. The second-order valence-electron chi connectivity index (χ2n) is 6.34. The molecule has 0 saturated carbocycles. The van der Waals surface area contributed by atoms with Gasteiger partial charge < -0.3 is 19.3 Å². The molecule has 1 fully saturated rings. The van der Waals surface area contributed by atoms with E-state index in [0.29, 0.717) is 24.4 Å². The van der Waals surface area contributed by atoms with Crippen LogP contribution in [0.5, 0.6) is 11.5 Å². The molecule has 0 radical (unpaired) electrons. The second kappa shape index (κ2) is 7.44. The van der Waals surface area contributed by atoms with Crippen LogP contribution >= 0.6 is 11.3 Å². The van der Waals surface area contributed by atoms with Crippen LogP contribution in [0.1, 0.15) is 10.4 Å². The Morgan fingerprint density at radius 3 is 2.48 bits per heavy atom. The van der Waals surface area contributed by atoms with Crippen molar-refractivity contribution in [2.24, 2.45) is 0 Å². The average Bonchev–Trinajstić information content (AvgIpc) is 3.16. The van der Waals surface area contributed by atoms with E-state index in [1.54, 1.807) is 31.6 Å². The maximum Gasteiger partial charge on any atom is 0.254 e. The number of anilines is 1. The summed E-state index contributed by atoms with van der Waals surface area (Å²) in [4.78, 5) is 21.6. The number of thiazole rings is 1. The highest BCUT2D eigenvalue weighted by atomic mass is 32.1. The molecular weight excluding hydrogens is 362 g/mol. The Morgan fingerprint density at radius 1 is 1.00 bits per heavy atom. The van der Waals surface area contributed by atoms with Gasteiger partial charge in [-0.1, -0.05) is 17.4 Å². The normalized spacial score (nSPS) is 14.4. The van der Waals surface area contributed by atoms with Crippen LogP contribution in [0.25, 0.3) is 10.2 Å². The molecule has 1 aromatic heterocycles. The summed E-state index contributed by atoms with van der Waals surface area (Å²) in [6, 6.07) is 13.2. The predicted molar refractivity (Wildman–Crippen MR) is 107 cm³/mol. The van der Waals surface area contributed by atoms with Gasteiger partial charge in [0, 0.05) is 31.7 Å². The first-order chi connectivity index (χ1) is 13.2. The van der Waals surface area contributed by atoms with E-state index >= 15 is 0 Å². The highest BCUT2D eigenvalue weighted by Crippen LogP contribution is 2.32. The minimum Gasteiger partial charge on any atom is -0.497 e. The Balaban J connectivity index is 1.44. The number of fused-ring (bicyclic) bond motifs is 1. The standard InChI is InChI=1S/C20H21N3O3S/c1-25-15-5-3-4-14(12-15)19(24)22-8-10-23(11-9-22)20-21-17-7-6-16(26-2)13-18(17)27-20/h3-7,12-13H,8-11H2,1-2H3. The fourth-order valence-corrected chi connectivity index (χ4v) is 4.24. The maximum atomic E-state index is 12.7. The van der Waals surface area contributed by atoms with Gasteiger partial charge in [0.25, 0.3) is 5.91 Å². The lowest BCUT2D eigenvalue weighted by Gasteiger charge is -2.34. The molecule has 3 aromatic rings. The van der Waals surface area contributed by atoms with Gasteiger partial charge in [-0.2, -0.15) is 0 Å². The highest BCUT2D eigenvalue weighted by molar-refractivity contribution is 7.22. The van der Waals surface area contributed by atoms with Crippen LogP contribution in [-0.2, 0) is 0 Å². The van der Waals surface area contributed by atoms with Crippen LogP contribution < -0.4 is 14.4 Å². The molecule has 0 unspecified atom stereocenters. The Labute approximate surface area is 161 Å². The van der Waals surface area contributed by atoms with Crippen molar-refractivity contribution in [2.45, 2.75) is 0 Å². The SMILES string of the molecule is COc1cccc(C(=O)N2CCN(c3nc4ccc(OC)cc4s3)CC2)c1. The summed E-state index contributed by atoms with van der Waals surface area (Å²) in [5, 5.41) is 0.992. The molecule has 1 aliphatic heterocycles. The monoisotopic (exact) mass is 383 g/mol. The molecule has 2 aromatic carbocycles. The molecule has 0 bridgehead atoms. The average molecular weight is 383 g/mol. The lowest BCUT2D eigenvalue weighted by molar-refractivity contribution is 0.0746. The topological polar surface area (TPSA) is 54.9 Å². The number of benzene rings is 2. The van der Waals surface area contributed by atoms with Crippen molar-refractivity contribution in [3.05, 3.63) is 48.0 Å². The molecular formula is C20H21N3O3S. The summed E-state index contributed by atoms with van der Waals surface area (Å²) in [5.41, 5.74) is 1.64. The third-order valence-corrected chi connectivity index (χ3v) is 5.82. The Kier molecular flexibility index (Phi) is 4.85. The van der Waals surface area contributed by atoms with Crippen LogP contribution in [0, 0.1) is 0 Å². The highest BCUT2D eigenvalue weighted by Gasteiger charge is 2.24. The summed E-state index contributed by atoms with van der Waals surface area (Å²) in [7, 11) is 3.28. The summed E-state index contributed by atoms with van der Waals surface area (Å²) in [6.45, 7) is 2.89. The first kappa shape index (κ1) is 17.6. The first-order valence-corrected chi connectivity index (χ1v) is 9.62. The fourth-order valence-electron chi connectivity index (χ4n) is 3.19. The van der Waals surface area contributed by atoms with Gasteiger partial charge in [-0.3, -0.25) is 4.79 Å². The maximum absolute atomic E-state index is 12.7. The van der Waals surface area contributed by atoms with Gasteiger partial charge in [-0.05, 0) is 36.4 Å². The van der Waals surface area contributed by atoms with Crippen LogP contribution in [0.4, 0.5) is 5.13 Å². The van der Waals surface area contributed by atoms with E-state index in [-0.39, 0.29) is 5.91 Å². The van der Waals surface area contributed by atoms with Crippen molar-refractivity contribution in [3.63, 3.8) is 0 Å². The lowest BCUT2D eigenvalue weighted by Crippen LogP contribution is -2.48. The fraction of sp³-hybridized carbons (Fsp3) is 0.300. The number of hydrogen-bond donors (Lipinski definition) is 0. The third kappa shape index (κ3) is 3.55. The number of piperazine rings is 1. The van der Waals surface area contributed by atoms with E-state index in [1.807, 2.05) is 41.3 Å². The van der Waals surface area contributed by atoms with Crippen molar-refractivity contribution < 1.29 is 14.3 Å². The zero-order valence-electron chi connectivity index (χ0n) is 15.3. The molecule has 6 nitrogen and oxygen atoms in total. The van der Waals surface area contributed by atoms with Crippen LogP contribution in [0.3, 0.4) is 0 Å². The van der Waals surface area contributed by atoms with Gasteiger partial charge in [0.05, 0.1) is 24.4 Å². The van der Waals surface area contributed by atoms with Crippen LogP contribution in [-0.4, -0.2) is 56.2 Å². The summed E-state index contributed by atoms with van der Waals surface area (Å²) >= 11 is 1.66. The zero-order chi connectivity index (χ0) is 18.8. The second-order valence-corrected chi connectivity index (χ2v) is 7.35. The number of carbonyl (C=O) groups is 1. The molecule has 1 saturated heterocycles. The van der Waals surface area contributed by atoms with Crippen LogP contribution in [0.15, 0.2) is 42.5 Å². The molecule has 140 valence electrons. The number of methoxy groups -OCH3 is 2. The van der Waals surface area contributed by atoms with Crippen molar-refractivity contribution in [3.8, 4) is 11.5 Å². The number of rotatable bonds is 4. The molecule has 4 rings (SSSR count). The molecule has 1 aliphatic rings. The van der Waals surface area contributed by atoms with Crippen LogP contribution in [0.2, 0.25) is 0 Å². The summed E-state index contributed by atoms with van der Waals surface area (Å²) in [6.07, 6.45) is 0. The molecule has 1 amide bonds. The van der Waals surface area contributed by atoms with E-state index in [4.69, 9.17) is 14.5 Å². The van der Waals surface area contributed by atoms with E-state index in [9.17, 15) is 4.79 Å². The van der Waals surface area contributed by atoms with E-state index in [2.05, 4.69) is 4.90 Å². The van der Waals surface area contributed by atoms with Gasteiger partial charge >= 0.3 is 0 Å². The van der Waals surface area contributed by atoms with E-state index in [0.717, 1.165) is 34.2 Å². The molecule has 27 heavy (non-hydrogen) atoms. The van der Waals surface area contributed by atoms with Crippen molar-refractivity contribution in [2.75, 3.05) is 45.3 Å². The summed E-state index contributed by atoms with van der Waals surface area (Å²) in [5.74, 6) is 1.58. The number of ether oxygens (including phenoxy) is 2. The lowest BCUT2D eigenvalue weighted by atomic mass is 10.1. The largest absolute Gasteiger partial charge is 0.497 e. The first-order valence-electron chi connectivity index (χ1n) is 8.81. The smallest absolute Gasteiger partial charge is 0.254 e. The number of nitrogens with zero attached hydrogens (tertiary/aromatic N) is 3. The van der Waals surface area contributed by atoms with E-state index in [1.165, 1.54) is 0 Å². The van der Waals surface area contributed by atoms with Crippen molar-refractivity contribution in [1.29, 1.82) is 0 Å². The predicted octanol–water partition coefficient (Wildman–Crippen LogP) is 3.28. The van der Waals surface area contributed by atoms with Crippen molar-refractivity contribution >= 4 is 32.6 Å². The minimum absolute atomic E-state index is 0.0441. The molecule has 2 heterocycles. The molecule has 0 aliphatic carbocycles. The molecule has 7 heteroatoms. The third-order valence-electron chi connectivity index (χ3n) is 4.74. The molecule has 0 N–H and O–H groups in total. The number of carbonyl (C=O) groups excluding carboxylic acids is 1. The molecule has 0 atom stereocenters. The number of amides is 1. The summed E-state index contributed by atoms with van der Waals surface area (Å²) < 4.78 is 11.6. The Hall–Kier alpha value is -2.80. The Morgan fingerprint density at radius 2 is 1.74 bits per heavy atom. The van der Waals surface area contributed by atoms with E-state index < -0.39 is 0 Å². The van der Waals surface area contributed by atoms with Crippen molar-refractivity contribution in [1.82, 2.24) is 9.88 Å². The number of hydrogen-bond acceptors (Lipinski definition) is 6. The van der Waals surface area contributed by atoms with Gasteiger partial charge in [-0.15, -0.1) is 0 Å². The van der Waals surface area contributed by atoms with Gasteiger partial charge in [0.15, 0.2) is 5.13 Å². The van der Waals surface area contributed by atoms with Gasteiger partial charge in [0.2, 0.25) is 0 Å². The van der Waals surface area contributed by atoms with Gasteiger partial charge in [0.1, 0.15) is 11.5 Å².